The van der Waals surface area contributed by atoms with Crippen LogP contribution >= 0.6 is 7.82 Å². The molecular weight excluding hydrogens is 675 g/mol. The minimum atomic E-state index is -4.52. The van der Waals surface area contributed by atoms with Crippen molar-refractivity contribution >= 4 is 19.8 Å². The van der Waals surface area contributed by atoms with Gasteiger partial charge >= 0.3 is 11.9 Å². The lowest BCUT2D eigenvalue weighted by Gasteiger charge is -2.25. The normalized spacial score (nSPS) is 13.2. The van der Waals surface area contributed by atoms with E-state index in [2.05, 4.69) is 51.3 Å². The lowest BCUT2D eigenvalue weighted by Crippen LogP contribution is -2.30. The van der Waals surface area contributed by atoms with Gasteiger partial charge in [0.15, 0.2) is 6.10 Å². The van der Waals surface area contributed by atoms with E-state index in [0.717, 1.165) is 57.3 Å². The number of carbonyl (C=O) groups excluding carboxylic acids is 2. The molecule has 0 rings (SSSR count). The molecule has 0 aromatic rings. The monoisotopic (exact) mass is 760 g/mol. The zero-order valence-electron chi connectivity index (χ0n) is 34.9. The van der Waals surface area contributed by atoms with Crippen LogP contribution in [0.1, 0.15) is 221 Å². The third-order valence-electron chi connectivity index (χ3n) is 8.56. The highest BCUT2D eigenvalue weighted by molar-refractivity contribution is 7.45. The number of rotatable bonds is 37. The van der Waals surface area contributed by atoms with Gasteiger partial charge in [0.05, 0.1) is 13.2 Å². The van der Waals surface area contributed by atoms with Crippen LogP contribution in [0.2, 0.25) is 0 Å². The van der Waals surface area contributed by atoms with Crippen molar-refractivity contribution in [3.8, 4) is 0 Å². The van der Waals surface area contributed by atoms with Crippen LogP contribution in [0.15, 0.2) is 12.2 Å². The van der Waals surface area contributed by atoms with Crippen LogP contribution in [0.25, 0.3) is 0 Å². The van der Waals surface area contributed by atoms with E-state index >= 15 is 0 Å². The summed E-state index contributed by atoms with van der Waals surface area (Å²) < 4.78 is 32.2. The Labute approximate surface area is 322 Å². The molecule has 0 aromatic heterocycles. The van der Waals surface area contributed by atoms with E-state index < -0.39 is 26.5 Å². The van der Waals surface area contributed by atoms with Crippen LogP contribution in [0.5, 0.6) is 0 Å². The van der Waals surface area contributed by atoms with Crippen LogP contribution in [-0.4, -0.2) is 37.9 Å². The summed E-state index contributed by atoms with van der Waals surface area (Å²) in [6, 6.07) is 0. The van der Waals surface area contributed by atoms with Gasteiger partial charge in [-0.2, -0.15) is 0 Å². The molecule has 2 atom stereocenters. The summed E-state index contributed by atoms with van der Waals surface area (Å²) in [7, 11) is -4.52. The molecule has 0 amide bonds. The van der Waals surface area contributed by atoms with E-state index in [0.29, 0.717) is 6.42 Å². The van der Waals surface area contributed by atoms with Gasteiger partial charge < -0.3 is 23.4 Å². The molecule has 0 spiro atoms. The summed E-state index contributed by atoms with van der Waals surface area (Å²) in [4.78, 5) is 36.7. The van der Waals surface area contributed by atoms with Crippen LogP contribution in [0.3, 0.4) is 0 Å². The Kier molecular flexibility index (Phi) is 41.7. The van der Waals surface area contributed by atoms with Gasteiger partial charge in [0, 0.05) is 12.8 Å². The highest BCUT2D eigenvalue weighted by atomic mass is 31.2. The number of hydrogen-bond acceptors (Lipinski definition) is 8. The molecule has 0 saturated heterocycles. The molecule has 8 nitrogen and oxygen atoms in total. The second-order valence-corrected chi connectivity index (χ2v) is 16.4. The average molecular weight is 760 g/mol. The van der Waals surface area contributed by atoms with Gasteiger partial charge in [0.1, 0.15) is 6.61 Å². The molecule has 1 unspecified atom stereocenters. The number of allylic oxidation sites excluding steroid dienone is 2. The molecule has 0 saturated carbocycles. The second kappa shape index (κ2) is 41.0. The van der Waals surface area contributed by atoms with Gasteiger partial charge in [-0.15, -0.1) is 0 Å². The second-order valence-electron chi connectivity index (χ2n) is 15.0. The number of phosphoric acid groups is 1. The van der Waals surface area contributed by atoms with E-state index in [4.69, 9.17) is 14.0 Å². The van der Waals surface area contributed by atoms with Gasteiger partial charge in [0.25, 0.3) is 7.82 Å². The minimum absolute atomic E-state index is 0.0607. The number of phosphoric ester groups is 1. The summed E-state index contributed by atoms with van der Waals surface area (Å²) in [5.74, 6) is -0.00241. The summed E-state index contributed by atoms with van der Waals surface area (Å²) in [6.45, 7) is 11.8. The number of ether oxygens (including phenoxy) is 2. The largest absolute Gasteiger partial charge is 0.756 e. The number of esters is 2. The maximum atomic E-state index is 12.5. The first kappa shape index (κ1) is 52.9. The molecule has 0 radical (unpaired) electrons. The van der Waals surface area contributed by atoms with Crippen molar-refractivity contribution in [2.75, 3.05) is 19.8 Å². The molecule has 0 aliphatic heterocycles. The van der Waals surface area contributed by atoms with E-state index in [1.165, 1.54) is 116 Å². The Hall–Kier alpha value is -1.21. The van der Waals surface area contributed by atoms with Gasteiger partial charge in [-0.1, -0.05) is 175 Å². The Morgan fingerprint density at radius 3 is 1.31 bits per heavy atom. The van der Waals surface area contributed by atoms with Gasteiger partial charge in [-0.3, -0.25) is 14.2 Å². The van der Waals surface area contributed by atoms with Gasteiger partial charge in [0.2, 0.25) is 0 Å². The maximum absolute atomic E-state index is 12.5. The predicted molar refractivity (Wildman–Crippen MR) is 216 cm³/mol. The first-order valence-corrected chi connectivity index (χ1v) is 23.1. The van der Waals surface area contributed by atoms with Gasteiger partial charge in [-0.25, -0.2) is 0 Å². The topological polar surface area (TPSA) is 111 Å². The zero-order valence-corrected chi connectivity index (χ0v) is 35.8. The highest BCUT2D eigenvalue weighted by Gasteiger charge is 2.20. The van der Waals surface area contributed by atoms with Gasteiger partial charge in [-0.05, 0) is 51.4 Å². The molecular formula is C43H84O8P-. The molecule has 0 aliphatic rings. The quantitative estimate of drug-likeness (QED) is 0.0266. The van der Waals surface area contributed by atoms with Crippen molar-refractivity contribution < 1.29 is 37.6 Å². The molecule has 0 N–H and O–H groups in total. The molecule has 0 heterocycles. The molecule has 0 aromatic carbocycles. The van der Waals surface area contributed by atoms with Crippen molar-refractivity contribution in [3.05, 3.63) is 12.2 Å². The molecule has 0 bridgehead atoms. The van der Waals surface area contributed by atoms with E-state index in [9.17, 15) is 19.0 Å². The molecule has 310 valence electrons. The summed E-state index contributed by atoms with van der Waals surface area (Å²) in [5.41, 5.74) is 0. The number of unbranched alkanes of at least 4 members (excludes halogenated alkanes) is 23. The molecule has 9 heteroatoms. The minimum Gasteiger partial charge on any atom is -0.756 e. The third kappa shape index (κ3) is 44.9. The average Bonchev–Trinajstić information content (AvgIpc) is 3.09. The summed E-state index contributed by atoms with van der Waals surface area (Å²) in [6.07, 6.45) is 35.2. The van der Waals surface area contributed by atoms with E-state index in [1.807, 2.05) is 0 Å². The highest BCUT2D eigenvalue weighted by Crippen LogP contribution is 2.38. The predicted octanol–water partition coefficient (Wildman–Crippen LogP) is 13.1. The fourth-order valence-electron chi connectivity index (χ4n) is 5.62. The first-order valence-electron chi connectivity index (χ1n) is 21.7. The Balaban J connectivity index is 0. The van der Waals surface area contributed by atoms with Crippen molar-refractivity contribution in [1.82, 2.24) is 0 Å². The van der Waals surface area contributed by atoms with Crippen molar-refractivity contribution in [1.29, 1.82) is 0 Å². The maximum Gasteiger partial charge on any atom is 0.306 e. The standard InChI is InChI=1S/C39H75O8P.C4H10/c1-4-7-9-11-13-15-17-19-20-22-24-26-28-30-32-34-39(41)47-37(36-46-48(42,43)45-6-3)35-44-38(40)33-31-29-27-25-23-21-18-16-14-12-10-8-5-2;1-4(2)3/h19-20,37H,4-18,21-36H2,1-3H3,(H,42,43);4H,1-3H3/p-1/b20-19-;/t37-;/m1./s1. The molecule has 0 fully saturated rings. The summed E-state index contributed by atoms with van der Waals surface area (Å²) in [5, 5.41) is 0. The summed E-state index contributed by atoms with van der Waals surface area (Å²) >= 11 is 0. The molecule has 52 heavy (non-hydrogen) atoms. The lowest BCUT2D eigenvalue weighted by atomic mass is 10.0. The molecule has 0 aliphatic carbocycles. The fraction of sp³-hybridized carbons (Fsp3) is 0.907. The Bertz CT molecular complexity index is 844. The fourth-order valence-corrected chi connectivity index (χ4v) is 6.36. The Morgan fingerprint density at radius 2 is 0.904 bits per heavy atom. The van der Waals surface area contributed by atoms with Crippen LogP contribution in [-0.2, 0) is 32.7 Å². The number of hydrogen-bond donors (Lipinski definition) is 0. The Morgan fingerprint density at radius 1 is 0.538 bits per heavy atom. The third-order valence-corrected chi connectivity index (χ3v) is 9.60. The van der Waals surface area contributed by atoms with Crippen LogP contribution in [0.4, 0.5) is 0 Å². The van der Waals surface area contributed by atoms with E-state index in [1.54, 1.807) is 0 Å². The van der Waals surface area contributed by atoms with Crippen LogP contribution in [0, 0.1) is 5.92 Å². The first-order chi connectivity index (χ1) is 25.1. The zero-order chi connectivity index (χ0) is 39.0. The van der Waals surface area contributed by atoms with Crippen molar-refractivity contribution in [2.45, 2.75) is 227 Å². The van der Waals surface area contributed by atoms with Crippen molar-refractivity contribution in [3.63, 3.8) is 0 Å². The van der Waals surface area contributed by atoms with E-state index in [-0.39, 0.29) is 32.0 Å². The number of carbonyl (C=O) groups is 2. The lowest BCUT2D eigenvalue weighted by molar-refractivity contribution is -0.228. The van der Waals surface area contributed by atoms with Crippen LogP contribution < -0.4 is 4.89 Å². The SMILES string of the molecule is CC(C)C.CCCCCCCC/C=C\CCCCCCCC(=O)O[C@H](COC(=O)CCCCCCCCCCCCCCC)COP(=O)([O-])OCC. The van der Waals surface area contributed by atoms with Crippen molar-refractivity contribution in [2.24, 2.45) is 5.92 Å². The smallest absolute Gasteiger partial charge is 0.306 e.